The van der Waals surface area contributed by atoms with E-state index in [1.807, 2.05) is 0 Å². The number of carbonyl (C=O) groups excluding carboxylic acids is 2. The Balaban J connectivity index is 4.52. The van der Waals surface area contributed by atoms with Gasteiger partial charge in [0.15, 0.2) is 0 Å². The van der Waals surface area contributed by atoms with Gasteiger partial charge in [-0.2, -0.15) is 0 Å². The number of nitrogens with one attached hydrogen (secondary N) is 1. The van der Waals surface area contributed by atoms with E-state index in [1.54, 1.807) is 0 Å². The average Bonchev–Trinajstić information content (AvgIpc) is 3.30. The van der Waals surface area contributed by atoms with Crippen LogP contribution in [0.15, 0.2) is 48.6 Å². The van der Waals surface area contributed by atoms with E-state index in [1.165, 1.54) is 161 Å². The number of esters is 1. The lowest BCUT2D eigenvalue weighted by Gasteiger charge is -2.24. The fourth-order valence-electron chi connectivity index (χ4n) is 8.62. The molecule has 0 heterocycles. The average molecular weight is 913 g/mol. The molecule has 0 radical (unpaired) electrons. The zero-order chi connectivity index (χ0) is 47.4. The third kappa shape index (κ3) is 48.1. The molecule has 0 aliphatic rings. The molecule has 0 aliphatic heterocycles. The van der Waals surface area contributed by atoms with Crippen LogP contribution in [0.25, 0.3) is 0 Å². The lowest BCUT2D eigenvalue weighted by Crippen LogP contribution is -2.46. The molecule has 0 aromatic heterocycles. The SMILES string of the molecule is CC/C=C/C/C=C/C/C=C/CCCCCCCCC(=O)OC(CCCCCCC/C=C\CCCCCC)CC(=O)NC(CO)C(O)CCCCCCCCCCCCCCCCCCC. The van der Waals surface area contributed by atoms with Crippen molar-refractivity contribution in [3.63, 3.8) is 0 Å². The highest BCUT2D eigenvalue weighted by Crippen LogP contribution is 2.18. The minimum Gasteiger partial charge on any atom is -0.462 e. The molecular formula is C59H109NO5. The van der Waals surface area contributed by atoms with Gasteiger partial charge in [-0.3, -0.25) is 9.59 Å². The van der Waals surface area contributed by atoms with E-state index in [2.05, 4.69) is 74.7 Å². The molecule has 1 amide bonds. The number of aliphatic hydroxyl groups excluding tert-OH is 2. The van der Waals surface area contributed by atoms with Gasteiger partial charge in [0, 0.05) is 6.42 Å². The van der Waals surface area contributed by atoms with Crippen molar-refractivity contribution < 1.29 is 24.5 Å². The number of hydrogen-bond acceptors (Lipinski definition) is 5. The van der Waals surface area contributed by atoms with Crippen molar-refractivity contribution in [3.8, 4) is 0 Å². The van der Waals surface area contributed by atoms with Crippen LogP contribution in [-0.2, 0) is 14.3 Å². The quantitative estimate of drug-likeness (QED) is 0.0321. The van der Waals surface area contributed by atoms with Crippen LogP contribution in [0.5, 0.6) is 0 Å². The number of hydrogen-bond donors (Lipinski definition) is 3. The normalized spacial score (nSPS) is 13.5. The number of carbonyl (C=O) groups is 2. The first kappa shape index (κ1) is 62.8. The molecule has 0 bridgehead atoms. The topological polar surface area (TPSA) is 95.9 Å². The Kier molecular flexibility index (Phi) is 51.0. The van der Waals surface area contributed by atoms with Crippen LogP contribution in [0.1, 0.15) is 290 Å². The van der Waals surface area contributed by atoms with Crippen LogP contribution in [0.3, 0.4) is 0 Å². The van der Waals surface area contributed by atoms with Crippen molar-refractivity contribution >= 4 is 11.9 Å². The molecule has 0 rings (SSSR count). The maximum absolute atomic E-state index is 13.3. The van der Waals surface area contributed by atoms with Gasteiger partial charge in [0.25, 0.3) is 0 Å². The molecule has 0 aliphatic carbocycles. The molecule has 3 atom stereocenters. The van der Waals surface area contributed by atoms with Crippen molar-refractivity contribution in [2.75, 3.05) is 6.61 Å². The summed E-state index contributed by atoms with van der Waals surface area (Å²) in [6.45, 7) is 6.38. The molecular weight excluding hydrogens is 803 g/mol. The van der Waals surface area contributed by atoms with Crippen molar-refractivity contribution in [2.45, 2.75) is 309 Å². The summed E-state index contributed by atoms with van der Waals surface area (Å²) in [7, 11) is 0. The van der Waals surface area contributed by atoms with Gasteiger partial charge in [-0.05, 0) is 83.5 Å². The lowest BCUT2D eigenvalue weighted by atomic mass is 10.0. The van der Waals surface area contributed by atoms with Gasteiger partial charge in [-0.25, -0.2) is 0 Å². The van der Waals surface area contributed by atoms with E-state index < -0.39 is 18.2 Å². The summed E-state index contributed by atoms with van der Waals surface area (Å²) in [5, 5.41) is 23.9. The first-order chi connectivity index (χ1) is 32.0. The van der Waals surface area contributed by atoms with Gasteiger partial charge < -0.3 is 20.3 Å². The molecule has 0 spiro atoms. The summed E-state index contributed by atoms with van der Waals surface area (Å²) in [6.07, 6.45) is 64.6. The lowest BCUT2D eigenvalue weighted by molar-refractivity contribution is -0.151. The van der Waals surface area contributed by atoms with Gasteiger partial charge in [0.05, 0.1) is 25.2 Å². The number of aliphatic hydroxyl groups is 2. The van der Waals surface area contributed by atoms with E-state index in [4.69, 9.17) is 4.74 Å². The van der Waals surface area contributed by atoms with Crippen molar-refractivity contribution in [1.29, 1.82) is 0 Å². The van der Waals surface area contributed by atoms with Gasteiger partial charge in [0.2, 0.25) is 5.91 Å². The molecule has 0 saturated carbocycles. The van der Waals surface area contributed by atoms with Gasteiger partial charge >= 0.3 is 5.97 Å². The van der Waals surface area contributed by atoms with Crippen molar-refractivity contribution in [3.05, 3.63) is 48.6 Å². The molecule has 0 aromatic carbocycles. The molecule has 6 nitrogen and oxygen atoms in total. The minimum absolute atomic E-state index is 0.0676. The fourth-order valence-corrected chi connectivity index (χ4v) is 8.62. The first-order valence-electron chi connectivity index (χ1n) is 28.4. The third-order valence-corrected chi connectivity index (χ3v) is 12.9. The van der Waals surface area contributed by atoms with E-state index in [0.29, 0.717) is 19.3 Å². The van der Waals surface area contributed by atoms with Crippen LogP contribution in [0.2, 0.25) is 0 Å². The maximum Gasteiger partial charge on any atom is 0.306 e. The van der Waals surface area contributed by atoms with E-state index >= 15 is 0 Å². The Morgan fingerprint density at radius 1 is 0.462 bits per heavy atom. The van der Waals surface area contributed by atoms with Crippen LogP contribution in [0, 0.1) is 0 Å². The predicted molar refractivity (Wildman–Crippen MR) is 282 cm³/mol. The number of allylic oxidation sites excluding steroid dienone is 8. The van der Waals surface area contributed by atoms with Crippen LogP contribution in [-0.4, -0.2) is 46.9 Å². The number of unbranched alkanes of at least 4 members (excludes halogenated alkanes) is 31. The van der Waals surface area contributed by atoms with Crippen LogP contribution >= 0.6 is 0 Å². The summed E-state index contributed by atoms with van der Waals surface area (Å²) in [4.78, 5) is 26.2. The van der Waals surface area contributed by atoms with Crippen molar-refractivity contribution in [1.82, 2.24) is 5.32 Å². The molecule has 3 N–H and O–H groups in total. The minimum atomic E-state index is -0.793. The van der Waals surface area contributed by atoms with Gasteiger partial charge in [-0.1, -0.05) is 243 Å². The van der Waals surface area contributed by atoms with Crippen LogP contribution < -0.4 is 5.32 Å². The molecule has 6 heteroatoms. The molecule has 65 heavy (non-hydrogen) atoms. The van der Waals surface area contributed by atoms with E-state index in [0.717, 1.165) is 83.5 Å². The van der Waals surface area contributed by atoms with Crippen molar-refractivity contribution in [2.24, 2.45) is 0 Å². The second kappa shape index (κ2) is 52.8. The largest absolute Gasteiger partial charge is 0.462 e. The zero-order valence-corrected chi connectivity index (χ0v) is 43.4. The highest BCUT2D eigenvalue weighted by Gasteiger charge is 2.24. The zero-order valence-electron chi connectivity index (χ0n) is 43.4. The number of rotatable bonds is 51. The van der Waals surface area contributed by atoms with E-state index in [-0.39, 0.29) is 24.9 Å². The summed E-state index contributed by atoms with van der Waals surface area (Å²) in [5.74, 6) is -0.488. The summed E-state index contributed by atoms with van der Waals surface area (Å²) < 4.78 is 5.95. The molecule has 0 aromatic rings. The molecule has 3 unspecified atom stereocenters. The molecule has 0 saturated heterocycles. The summed E-state index contributed by atoms with van der Waals surface area (Å²) in [5.41, 5.74) is 0. The smallest absolute Gasteiger partial charge is 0.306 e. The predicted octanol–water partition coefficient (Wildman–Crippen LogP) is 17.4. The number of ether oxygens (including phenoxy) is 1. The second-order valence-electron chi connectivity index (χ2n) is 19.3. The Morgan fingerprint density at radius 2 is 0.831 bits per heavy atom. The van der Waals surface area contributed by atoms with Gasteiger partial charge in [0.1, 0.15) is 6.10 Å². The second-order valence-corrected chi connectivity index (χ2v) is 19.3. The summed E-state index contributed by atoms with van der Waals surface area (Å²) in [6, 6.07) is -0.707. The first-order valence-corrected chi connectivity index (χ1v) is 28.4. The van der Waals surface area contributed by atoms with Gasteiger partial charge in [-0.15, -0.1) is 0 Å². The highest BCUT2D eigenvalue weighted by molar-refractivity contribution is 5.77. The molecule has 380 valence electrons. The van der Waals surface area contributed by atoms with Crippen LogP contribution in [0.4, 0.5) is 0 Å². The monoisotopic (exact) mass is 912 g/mol. The third-order valence-electron chi connectivity index (χ3n) is 12.9. The Morgan fingerprint density at radius 3 is 1.29 bits per heavy atom. The fraction of sp³-hybridized carbons (Fsp3) is 0.831. The Labute approximate surface area is 404 Å². The highest BCUT2D eigenvalue weighted by atomic mass is 16.5. The Hall–Kier alpha value is -2.18. The number of amides is 1. The maximum atomic E-state index is 13.3. The standard InChI is InChI=1S/C59H109NO5/c1-4-7-10-13-16-19-22-25-27-29-30-33-36-39-42-45-48-51-57(62)56(54-61)60-58(63)53-55(50-47-44-41-38-35-32-24-21-18-15-12-9-6-3)65-59(64)52-49-46-43-40-37-34-31-28-26-23-20-17-14-11-8-5-2/h8,11,17,20-21,24,26,28,55-57,61-62H,4-7,9-10,12-16,18-19,22-23,25,27,29-54H2,1-3H3,(H,60,63)/b11-8+,20-17+,24-21-,28-26+. The van der Waals surface area contributed by atoms with E-state index in [9.17, 15) is 19.8 Å². The molecule has 0 fully saturated rings. The summed E-state index contributed by atoms with van der Waals surface area (Å²) >= 11 is 0. The Bertz CT molecular complexity index is 1110.